The highest BCUT2D eigenvalue weighted by Gasteiger charge is 2.31. The van der Waals surface area contributed by atoms with Crippen molar-refractivity contribution >= 4 is 11.8 Å². The van der Waals surface area contributed by atoms with Crippen molar-refractivity contribution < 1.29 is 19.4 Å². The second-order valence-corrected chi connectivity index (χ2v) is 6.49. The molecule has 3 rings (SSSR count). The molecule has 0 aromatic heterocycles. The lowest BCUT2D eigenvalue weighted by Gasteiger charge is -2.16. The molecule has 1 amide bonds. The maximum atomic E-state index is 11.5. The van der Waals surface area contributed by atoms with E-state index in [1.54, 1.807) is 4.90 Å². The van der Waals surface area contributed by atoms with Crippen molar-refractivity contribution in [3.8, 4) is 0 Å². The van der Waals surface area contributed by atoms with Crippen LogP contribution in [0.2, 0.25) is 0 Å². The van der Waals surface area contributed by atoms with E-state index in [2.05, 4.69) is 19.1 Å². The van der Waals surface area contributed by atoms with E-state index < -0.39 is 0 Å². The van der Waals surface area contributed by atoms with Gasteiger partial charge in [0.05, 0.1) is 18.8 Å². The minimum atomic E-state index is -0.263. The van der Waals surface area contributed by atoms with Crippen LogP contribution in [0.5, 0.6) is 0 Å². The quantitative estimate of drug-likeness (QED) is 0.876. The number of aliphatic hydroxyl groups excluding tert-OH is 1. The van der Waals surface area contributed by atoms with E-state index >= 15 is 0 Å². The summed E-state index contributed by atoms with van der Waals surface area (Å²) in [6, 6.07) is 8.11. The van der Waals surface area contributed by atoms with Crippen LogP contribution in [0.25, 0.3) is 0 Å². The van der Waals surface area contributed by atoms with Crippen LogP contribution in [0.4, 0.5) is 10.5 Å². The minimum Gasteiger partial charge on any atom is -0.447 e. The number of anilines is 1. The van der Waals surface area contributed by atoms with Crippen LogP contribution >= 0.6 is 0 Å². The number of cyclic esters (lactones) is 1. The maximum absolute atomic E-state index is 11.5. The number of nitrogens with zero attached hydrogens (tertiary/aromatic N) is 1. The molecule has 2 aliphatic rings. The Bertz CT molecular complexity index is 530. The molecule has 5 heteroatoms. The van der Waals surface area contributed by atoms with Crippen LogP contribution in [0, 0.1) is 5.92 Å². The van der Waals surface area contributed by atoms with Gasteiger partial charge in [-0.15, -0.1) is 0 Å². The Kier molecular flexibility index (Phi) is 5.18. The van der Waals surface area contributed by atoms with Crippen LogP contribution in [-0.4, -0.2) is 43.2 Å². The molecule has 1 aromatic rings. The number of hydrogen-bond acceptors (Lipinski definition) is 4. The van der Waals surface area contributed by atoms with Gasteiger partial charge in [0.2, 0.25) is 0 Å². The van der Waals surface area contributed by atoms with Crippen LogP contribution in [0.15, 0.2) is 24.3 Å². The van der Waals surface area contributed by atoms with Gasteiger partial charge in [-0.3, -0.25) is 4.90 Å². The van der Waals surface area contributed by atoms with Crippen molar-refractivity contribution in [2.75, 3.05) is 24.7 Å². The smallest absolute Gasteiger partial charge is 0.414 e. The number of carbonyl (C=O) groups excluding carboxylic acids is 1. The zero-order chi connectivity index (χ0) is 16.2. The summed E-state index contributed by atoms with van der Waals surface area (Å²) in [5.41, 5.74) is 2.15. The number of carbonyl (C=O) groups is 1. The molecule has 5 nitrogen and oxygen atoms in total. The molecule has 0 unspecified atom stereocenters. The van der Waals surface area contributed by atoms with E-state index in [4.69, 9.17) is 14.6 Å². The molecule has 0 radical (unpaired) electrons. The van der Waals surface area contributed by atoms with Gasteiger partial charge in [0.1, 0.15) is 6.61 Å². The lowest BCUT2D eigenvalue weighted by atomic mass is 9.96. The van der Waals surface area contributed by atoms with Gasteiger partial charge in [0.15, 0.2) is 0 Å². The van der Waals surface area contributed by atoms with Gasteiger partial charge in [-0.05, 0) is 49.3 Å². The lowest BCUT2D eigenvalue weighted by molar-refractivity contribution is 0.0198. The number of hydrogen-bond donors (Lipinski definition) is 1. The van der Waals surface area contributed by atoms with E-state index in [1.807, 2.05) is 12.1 Å². The van der Waals surface area contributed by atoms with Crippen molar-refractivity contribution in [2.45, 2.75) is 44.8 Å². The van der Waals surface area contributed by atoms with Crippen LogP contribution < -0.4 is 4.90 Å². The van der Waals surface area contributed by atoms with E-state index in [0.717, 1.165) is 31.4 Å². The third kappa shape index (κ3) is 3.85. The topological polar surface area (TPSA) is 59.0 Å². The van der Waals surface area contributed by atoms with E-state index in [1.165, 1.54) is 5.56 Å². The second kappa shape index (κ2) is 7.32. The third-order valence-electron chi connectivity index (χ3n) is 4.81. The van der Waals surface area contributed by atoms with E-state index in [0.29, 0.717) is 19.1 Å². The number of ether oxygens (including phenoxy) is 2. The van der Waals surface area contributed by atoms with Gasteiger partial charge in [-0.2, -0.15) is 0 Å². The second-order valence-electron chi connectivity index (χ2n) is 6.49. The van der Waals surface area contributed by atoms with Crippen molar-refractivity contribution in [2.24, 2.45) is 5.92 Å². The molecule has 23 heavy (non-hydrogen) atoms. The number of amides is 1. The third-order valence-corrected chi connectivity index (χ3v) is 4.81. The van der Waals surface area contributed by atoms with Crippen LogP contribution in [-0.2, 0) is 15.9 Å². The van der Waals surface area contributed by atoms with Gasteiger partial charge in [-0.1, -0.05) is 19.1 Å². The molecular weight excluding hydrogens is 294 g/mol. The van der Waals surface area contributed by atoms with Gasteiger partial charge in [0, 0.05) is 12.3 Å². The van der Waals surface area contributed by atoms with Crippen molar-refractivity contribution in [3.63, 3.8) is 0 Å². The summed E-state index contributed by atoms with van der Waals surface area (Å²) in [4.78, 5) is 13.2. The maximum Gasteiger partial charge on any atom is 0.414 e. The van der Waals surface area contributed by atoms with Crippen molar-refractivity contribution in [3.05, 3.63) is 29.8 Å². The SMILES string of the molecule is C[C@H]1C[C@@H](CCO)O[C@H]1CCc1ccc(N2CCOC2=O)cc1. The zero-order valence-corrected chi connectivity index (χ0v) is 13.6. The molecule has 2 fully saturated rings. The molecule has 0 bridgehead atoms. The highest BCUT2D eigenvalue weighted by atomic mass is 16.6. The Morgan fingerprint density at radius 2 is 2.04 bits per heavy atom. The summed E-state index contributed by atoms with van der Waals surface area (Å²) in [5.74, 6) is 0.546. The predicted molar refractivity (Wildman–Crippen MR) is 87.6 cm³/mol. The molecule has 2 aliphatic heterocycles. The van der Waals surface area contributed by atoms with Crippen molar-refractivity contribution in [1.29, 1.82) is 0 Å². The Morgan fingerprint density at radius 3 is 2.70 bits per heavy atom. The molecule has 2 saturated heterocycles. The summed E-state index contributed by atoms with van der Waals surface area (Å²) < 4.78 is 11.0. The Balaban J connectivity index is 1.52. The summed E-state index contributed by atoms with van der Waals surface area (Å²) in [7, 11) is 0. The fourth-order valence-corrected chi connectivity index (χ4v) is 3.47. The van der Waals surface area contributed by atoms with Gasteiger partial charge >= 0.3 is 6.09 Å². The molecule has 1 aromatic carbocycles. The lowest BCUT2D eigenvalue weighted by Crippen LogP contribution is -2.23. The summed E-state index contributed by atoms with van der Waals surface area (Å²) in [6.45, 7) is 3.51. The number of benzene rings is 1. The summed E-state index contributed by atoms with van der Waals surface area (Å²) >= 11 is 0. The molecule has 126 valence electrons. The van der Waals surface area contributed by atoms with Gasteiger partial charge in [-0.25, -0.2) is 4.79 Å². The summed E-state index contributed by atoms with van der Waals surface area (Å²) in [5, 5.41) is 9.02. The van der Waals surface area contributed by atoms with E-state index in [-0.39, 0.29) is 24.9 Å². The van der Waals surface area contributed by atoms with Gasteiger partial charge < -0.3 is 14.6 Å². The molecule has 0 spiro atoms. The monoisotopic (exact) mass is 319 g/mol. The fraction of sp³-hybridized carbons (Fsp3) is 0.611. The van der Waals surface area contributed by atoms with Crippen LogP contribution in [0.1, 0.15) is 31.7 Å². The first-order valence-electron chi connectivity index (χ1n) is 8.47. The average molecular weight is 319 g/mol. The zero-order valence-electron chi connectivity index (χ0n) is 13.6. The molecule has 1 N–H and O–H groups in total. The average Bonchev–Trinajstić information content (AvgIpc) is 3.12. The Morgan fingerprint density at radius 1 is 1.26 bits per heavy atom. The molecular formula is C18H25NO4. The van der Waals surface area contributed by atoms with E-state index in [9.17, 15) is 4.79 Å². The first-order chi connectivity index (χ1) is 11.2. The van der Waals surface area contributed by atoms with Gasteiger partial charge in [0.25, 0.3) is 0 Å². The van der Waals surface area contributed by atoms with Crippen LogP contribution in [0.3, 0.4) is 0 Å². The molecule has 2 heterocycles. The Labute approximate surface area is 137 Å². The first-order valence-corrected chi connectivity index (χ1v) is 8.47. The molecule has 0 saturated carbocycles. The minimum absolute atomic E-state index is 0.199. The normalized spacial score (nSPS) is 27.5. The molecule has 0 aliphatic carbocycles. The standard InChI is InChI=1S/C18H25NO4/c1-13-12-16(8-10-20)23-17(13)7-4-14-2-5-15(6-3-14)19-9-11-22-18(19)21/h2-3,5-6,13,16-17,20H,4,7-12H2,1H3/t13-,16+,17-/m0/s1. The predicted octanol–water partition coefficient (Wildman–Crippen LogP) is 2.75. The molecule has 3 atom stereocenters. The number of aliphatic hydroxyl groups is 1. The number of rotatable bonds is 6. The number of aryl methyl sites for hydroxylation is 1. The Hall–Kier alpha value is -1.59. The van der Waals surface area contributed by atoms with Crippen molar-refractivity contribution in [1.82, 2.24) is 0 Å². The first kappa shape index (κ1) is 16.3. The summed E-state index contributed by atoms with van der Waals surface area (Å²) in [6.07, 6.45) is 3.96. The largest absolute Gasteiger partial charge is 0.447 e. The fourth-order valence-electron chi connectivity index (χ4n) is 3.47. The highest BCUT2D eigenvalue weighted by Crippen LogP contribution is 2.31. The highest BCUT2D eigenvalue weighted by molar-refractivity contribution is 5.89.